The number of aromatic hydroxyl groups is 3. The third-order valence-corrected chi connectivity index (χ3v) is 2.97. The molecule has 2 aromatic rings. The zero-order valence-corrected chi connectivity index (χ0v) is 12.0. The number of nitrogens with zero attached hydrogens (tertiary/aromatic N) is 1. The standard InChI is InChI=1S/C15H15N3O5/c19-11-7-10(8-12(20)13(11)21)15(23)18-6-5-17-14(22)9-1-3-16-4-2-9/h1-4,7-8,19-21H,5-6H2,(H,17,22)(H,18,23). The first-order valence-electron chi connectivity index (χ1n) is 6.70. The predicted octanol–water partition coefficient (Wildman–Crippen LogP) is 0.358. The minimum atomic E-state index is -0.689. The number of carbonyl (C=O) groups excluding carboxylic acids is 2. The van der Waals surface area contributed by atoms with Gasteiger partial charge in [0.15, 0.2) is 17.2 Å². The van der Waals surface area contributed by atoms with E-state index in [2.05, 4.69) is 15.6 Å². The maximum absolute atomic E-state index is 11.8. The molecule has 2 rings (SSSR count). The van der Waals surface area contributed by atoms with Gasteiger partial charge in [-0.3, -0.25) is 14.6 Å². The Bertz CT molecular complexity index is 695. The van der Waals surface area contributed by atoms with Crippen LogP contribution in [0.25, 0.3) is 0 Å². The highest BCUT2D eigenvalue weighted by atomic mass is 16.3. The van der Waals surface area contributed by atoms with Gasteiger partial charge in [-0.15, -0.1) is 0 Å². The van der Waals surface area contributed by atoms with Crippen LogP contribution in [0.15, 0.2) is 36.7 Å². The van der Waals surface area contributed by atoms with Crippen LogP contribution in [0.5, 0.6) is 17.2 Å². The van der Waals surface area contributed by atoms with Crippen LogP contribution >= 0.6 is 0 Å². The molecule has 8 nitrogen and oxygen atoms in total. The topological polar surface area (TPSA) is 132 Å². The number of phenols is 3. The normalized spacial score (nSPS) is 10.1. The Balaban J connectivity index is 1.82. The van der Waals surface area contributed by atoms with Gasteiger partial charge < -0.3 is 26.0 Å². The van der Waals surface area contributed by atoms with E-state index >= 15 is 0 Å². The van der Waals surface area contributed by atoms with Gasteiger partial charge in [0, 0.05) is 36.6 Å². The molecule has 8 heteroatoms. The quantitative estimate of drug-likeness (QED) is 0.399. The molecule has 23 heavy (non-hydrogen) atoms. The lowest BCUT2D eigenvalue weighted by atomic mass is 10.1. The molecule has 1 heterocycles. The summed E-state index contributed by atoms with van der Waals surface area (Å²) in [5, 5.41) is 33.0. The summed E-state index contributed by atoms with van der Waals surface area (Å²) in [5.74, 6) is -2.73. The maximum atomic E-state index is 11.8. The van der Waals surface area contributed by atoms with Crippen LogP contribution in [0.4, 0.5) is 0 Å². The molecule has 0 bridgehead atoms. The average molecular weight is 317 g/mol. The largest absolute Gasteiger partial charge is 0.504 e. The van der Waals surface area contributed by atoms with E-state index in [1.165, 1.54) is 12.4 Å². The first-order valence-corrected chi connectivity index (χ1v) is 6.70. The van der Waals surface area contributed by atoms with Crippen molar-refractivity contribution in [3.8, 4) is 17.2 Å². The Kier molecular flexibility index (Phi) is 4.98. The lowest BCUT2D eigenvalue weighted by Gasteiger charge is -2.08. The van der Waals surface area contributed by atoms with E-state index in [9.17, 15) is 24.9 Å². The molecule has 0 saturated heterocycles. The van der Waals surface area contributed by atoms with Gasteiger partial charge in [-0.2, -0.15) is 0 Å². The molecular weight excluding hydrogens is 302 g/mol. The van der Waals surface area contributed by atoms with Crippen LogP contribution in [-0.4, -0.2) is 45.2 Å². The van der Waals surface area contributed by atoms with E-state index in [0.29, 0.717) is 5.56 Å². The smallest absolute Gasteiger partial charge is 0.251 e. The Morgan fingerprint density at radius 2 is 1.35 bits per heavy atom. The molecule has 5 N–H and O–H groups in total. The molecule has 1 aromatic heterocycles. The van der Waals surface area contributed by atoms with Gasteiger partial charge in [-0.1, -0.05) is 0 Å². The van der Waals surface area contributed by atoms with Crippen LogP contribution in [0, 0.1) is 0 Å². The molecule has 0 fully saturated rings. The van der Waals surface area contributed by atoms with E-state index in [0.717, 1.165) is 12.1 Å². The van der Waals surface area contributed by atoms with Gasteiger partial charge in [0.05, 0.1) is 0 Å². The molecule has 0 aliphatic carbocycles. The molecule has 1 aromatic carbocycles. The van der Waals surface area contributed by atoms with Crippen LogP contribution in [0.3, 0.4) is 0 Å². The molecule has 120 valence electrons. The maximum Gasteiger partial charge on any atom is 0.251 e. The SMILES string of the molecule is O=C(NCCNC(=O)c1cc(O)c(O)c(O)c1)c1ccncc1. The van der Waals surface area contributed by atoms with Crippen LogP contribution < -0.4 is 10.6 Å². The summed E-state index contributed by atoms with van der Waals surface area (Å²) in [6.45, 7) is 0.348. The van der Waals surface area contributed by atoms with Crippen molar-refractivity contribution in [1.29, 1.82) is 0 Å². The fraction of sp³-hybridized carbons (Fsp3) is 0.133. The third kappa shape index (κ3) is 4.10. The van der Waals surface area contributed by atoms with E-state index in [4.69, 9.17) is 0 Å². The number of phenolic OH excluding ortho intramolecular Hbond substituents is 3. The second-order valence-corrected chi connectivity index (χ2v) is 4.61. The fourth-order valence-corrected chi connectivity index (χ4v) is 1.79. The lowest BCUT2D eigenvalue weighted by Crippen LogP contribution is -2.34. The summed E-state index contributed by atoms with van der Waals surface area (Å²) in [5.41, 5.74) is 0.443. The van der Waals surface area contributed by atoms with Crippen LogP contribution in [0.2, 0.25) is 0 Å². The Labute approximate surface area is 131 Å². The molecule has 0 aliphatic heterocycles. The van der Waals surface area contributed by atoms with Gasteiger partial charge >= 0.3 is 0 Å². The average Bonchev–Trinajstić information content (AvgIpc) is 2.56. The van der Waals surface area contributed by atoms with Crippen molar-refractivity contribution in [1.82, 2.24) is 15.6 Å². The molecule has 0 radical (unpaired) electrons. The molecule has 0 unspecified atom stereocenters. The van der Waals surface area contributed by atoms with E-state index < -0.39 is 23.2 Å². The number of benzene rings is 1. The zero-order chi connectivity index (χ0) is 16.8. The van der Waals surface area contributed by atoms with Crippen molar-refractivity contribution >= 4 is 11.8 Å². The lowest BCUT2D eigenvalue weighted by molar-refractivity contribution is 0.0927. The van der Waals surface area contributed by atoms with E-state index in [-0.39, 0.29) is 24.6 Å². The second-order valence-electron chi connectivity index (χ2n) is 4.61. The first kappa shape index (κ1) is 16.1. The van der Waals surface area contributed by atoms with Crippen molar-refractivity contribution in [2.24, 2.45) is 0 Å². The summed E-state index contributed by atoms with van der Waals surface area (Å²) >= 11 is 0. The summed E-state index contributed by atoms with van der Waals surface area (Å²) in [7, 11) is 0. The highest BCUT2D eigenvalue weighted by Gasteiger charge is 2.13. The Morgan fingerprint density at radius 1 is 0.870 bits per heavy atom. The predicted molar refractivity (Wildman–Crippen MR) is 80.3 cm³/mol. The number of hydrogen-bond acceptors (Lipinski definition) is 6. The van der Waals surface area contributed by atoms with Gasteiger partial charge in [0.25, 0.3) is 11.8 Å². The summed E-state index contributed by atoms with van der Waals surface area (Å²) < 4.78 is 0. The first-order chi connectivity index (χ1) is 11.0. The highest BCUT2D eigenvalue weighted by molar-refractivity contribution is 5.96. The van der Waals surface area contributed by atoms with Gasteiger partial charge in [-0.05, 0) is 24.3 Å². The number of amides is 2. The second kappa shape index (κ2) is 7.12. The van der Waals surface area contributed by atoms with Crippen molar-refractivity contribution in [2.45, 2.75) is 0 Å². The van der Waals surface area contributed by atoms with Crippen molar-refractivity contribution in [3.63, 3.8) is 0 Å². The number of aromatic nitrogens is 1. The fourth-order valence-electron chi connectivity index (χ4n) is 1.79. The summed E-state index contributed by atoms with van der Waals surface area (Å²) in [6.07, 6.45) is 3.00. The van der Waals surface area contributed by atoms with Crippen molar-refractivity contribution < 1.29 is 24.9 Å². The molecule has 0 saturated carbocycles. The van der Waals surface area contributed by atoms with Gasteiger partial charge in [0.2, 0.25) is 0 Å². The number of carbonyl (C=O) groups is 2. The van der Waals surface area contributed by atoms with Gasteiger partial charge in [0.1, 0.15) is 0 Å². The molecular formula is C15H15N3O5. The minimum absolute atomic E-state index is 0.0155. The summed E-state index contributed by atoms with van der Waals surface area (Å²) in [4.78, 5) is 27.4. The number of hydrogen-bond donors (Lipinski definition) is 5. The van der Waals surface area contributed by atoms with Crippen molar-refractivity contribution in [2.75, 3.05) is 13.1 Å². The van der Waals surface area contributed by atoms with E-state index in [1.54, 1.807) is 12.1 Å². The van der Waals surface area contributed by atoms with E-state index in [1.807, 2.05) is 0 Å². The van der Waals surface area contributed by atoms with Gasteiger partial charge in [-0.25, -0.2) is 0 Å². The van der Waals surface area contributed by atoms with Crippen LogP contribution in [0.1, 0.15) is 20.7 Å². The molecule has 2 amide bonds. The third-order valence-electron chi connectivity index (χ3n) is 2.97. The Hall–Kier alpha value is -3.29. The highest BCUT2D eigenvalue weighted by Crippen LogP contribution is 2.35. The van der Waals surface area contributed by atoms with Crippen LogP contribution in [-0.2, 0) is 0 Å². The number of rotatable bonds is 5. The Morgan fingerprint density at radius 3 is 1.87 bits per heavy atom. The monoisotopic (exact) mass is 317 g/mol. The molecule has 0 aliphatic rings. The molecule has 0 atom stereocenters. The number of nitrogens with one attached hydrogen (secondary N) is 2. The summed E-state index contributed by atoms with van der Waals surface area (Å²) in [6, 6.07) is 5.19. The zero-order valence-electron chi connectivity index (χ0n) is 12.0. The molecule has 0 spiro atoms. The van der Waals surface area contributed by atoms with Crippen molar-refractivity contribution in [3.05, 3.63) is 47.8 Å². The number of pyridine rings is 1. The minimum Gasteiger partial charge on any atom is -0.504 e.